The van der Waals surface area contributed by atoms with Gasteiger partial charge in [0.05, 0.1) is 22.8 Å². The Balaban J connectivity index is 1.92. The molecule has 0 bridgehead atoms. The van der Waals surface area contributed by atoms with Gasteiger partial charge in [-0.3, -0.25) is 14.9 Å². The van der Waals surface area contributed by atoms with E-state index in [9.17, 15) is 14.9 Å². The summed E-state index contributed by atoms with van der Waals surface area (Å²) in [5.74, 6) is -0.719. The third kappa shape index (κ3) is 4.19. The van der Waals surface area contributed by atoms with Crippen molar-refractivity contribution < 1.29 is 9.59 Å². The molecule has 23 heavy (non-hydrogen) atoms. The zero-order valence-electron chi connectivity index (χ0n) is 13.8. The van der Waals surface area contributed by atoms with Gasteiger partial charge in [-0.05, 0) is 30.5 Å². The molecule has 0 saturated heterocycles. The molecule has 4 nitrogen and oxygen atoms in total. The van der Waals surface area contributed by atoms with E-state index >= 15 is 0 Å². The molecule has 0 unspecified atom stereocenters. The molecule has 0 fully saturated rings. The maximum atomic E-state index is 12.0. The van der Waals surface area contributed by atoms with Crippen LogP contribution in [-0.2, 0) is 6.42 Å². The van der Waals surface area contributed by atoms with E-state index < -0.39 is 0 Å². The van der Waals surface area contributed by atoms with Crippen LogP contribution < -0.4 is 5.32 Å². The molecule has 2 rings (SSSR count). The summed E-state index contributed by atoms with van der Waals surface area (Å²) in [4.78, 5) is 23.7. The number of carbonyl (C=O) groups is 2. The molecule has 1 heterocycles. The van der Waals surface area contributed by atoms with Gasteiger partial charge in [-0.1, -0.05) is 51.9 Å². The van der Waals surface area contributed by atoms with E-state index in [0.717, 1.165) is 18.4 Å². The van der Waals surface area contributed by atoms with E-state index in [2.05, 4.69) is 18.3 Å². The van der Waals surface area contributed by atoms with E-state index in [1.165, 1.54) is 38.5 Å². The molecule has 0 aliphatic carbocycles. The second kappa shape index (κ2) is 8.47. The highest BCUT2D eigenvalue weighted by molar-refractivity contribution is 6.22. The zero-order chi connectivity index (χ0) is 16.7. The van der Waals surface area contributed by atoms with Crippen molar-refractivity contribution in [3.8, 4) is 6.07 Å². The fourth-order valence-corrected chi connectivity index (χ4v) is 3.13. The summed E-state index contributed by atoms with van der Waals surface area (Å²) in [6.45, 7) is 2.21. The number of hydrogen-bond acceptors (Lipinski definition) is 3. The van der Waals surface area contributed by atoms with Crippen LogP contribution in [0.4, 0.5) is 0 Å². The van der Waals surface area contributed by atoms with E-state index in [1.54, 1.807) is 12.1 Å². The SMILES string of the molecule is CCCCCCCCCCc1c(C#N)ccc2c1C(=O)NC2=O. The number of benzene rings is 1. The highest BCUT2D eigenvalue weighted by Crippen LogP contribution is 2.25. The fourth-order valence-electron chi connectivity index (χ4n) is 3.13. The van der Waals surface area contributed by atoms with E-state index in [1.807, 2.05) is 0 Å². The largest absolute Gasteiger partial charge is 0.288 e. The first-order valence-corrected chi connectivity index (χ1v) is 8.60. The lowest BCUT2D eigenvalue weighted by molar-refractivity contribution is 0.0879. The molecular formula is C19H24N2O2. The van der Waals surface area contributed by atoms with Crippen LogP contribution in [0, 0.1) is 11.3 Å². The number of nitrogens with zero attached hydrogens (tertiary/aromatic N) is 1. The van der Waals surface area contributed by atoms with Crippen LogP contribution in [0.5, 0.6) is 0 Å². The number of carbonyl (C=O) groups excluding carboxylic acids is 2. The summed E-state index contributed by atoms with van der Waals surface area (Å²) in [5.41, 5.74) is 2.07. The topological polar surface area (TPSA) is 70.0 Å². The second-order valence-corrected chi connectivity index (χ2v) is 6.13. The van der Waals surface area contributed by atoms with Crippen LogP contribution in [0.2, 0.25) is 0 Å². The molecular weight excluding hydrogens is 288 g/mol. The highest BCUT2D eigenvalue weighted by Gasteiger charge is 2.30. The number of fused-ring (bicyclic) bond motifs is 1. The van der Waals surface area contributed by atoms with Crippen molar-refractivity contribution >= 4 is 11.8 Å². The van der Waals surface area contributed by atoms with Crippen molar-refractivity contribution in [1.82, 2.24) is 5.32 Å². The Bertz CT molecular complexity index is 629. The summed E-state index contributed by atoms with van der Waals surface area (Å²) < 4.78 is 0. The van der Waals surface area contributed by atoms with Crippen molar-refractivity contribution in [3.05, 3.63) is 34.4 Å². The van der Waals surface area contributed by atoms with Gasteiger partial charge in [0.1, 0.15) is 0 Å². The lowest BCUT2D eigenvalue weighted by Gasteiger charge is -2.08. The summed E-state index contributed by atoms with van der Waals surface area (Å²) >= 11 is 0. The summed E-state index contributed by atoms with van der Waals surface area (Å²) in [6, 6.07) is 5.37. The number of imide groups is 1. The quantitative estimate of drug-likeness (QED) is 0.550. The molecule has 1 aliphatic rings. The average Bonchev–Trinajstić information content (AvgIpc) is 2.84. The van der Waals surface area contributed by atoms with Crippen LogP contribution in [-0.4, -0.2) is 11.8 Å². The van der Waals surface area contributed by atoms with Gasteiger partial charge in [-0.2, -0.15) is 5.26 Å². The summed E-state index contributed by atoms with van der Waals surface area (Å²) in [6.07, 6.45) is 10.3. The monoisotopic (exact) mass is 312 g/mol. The summed E-state index contributed by atoms with van der Waals surface area (Å²) in [5, 5.41) is 11.6. The van der Waals surface area contributed by atoms with Gasteiger partial charge in [0.25, 0.3) is 11.8 Å². The minimum atomic E-state index is -0.364. The van der Waals surface area contributed by atoms with Gasteiger partial charge in [0.15, 0.2) is 0 Å². The Morgan fingerprint density at radius 1 is 0.957 bits per heavy atom. The standard InChI is InChI=1S/C19H24N2O2/c1-2-3-4-5-6-7-8-9-10-15-14(13-20)11-12-16-17(15)19(23)21-18(16)22/h11-12H,2-10H2,1H3,(H,21,22,23). The first-order valence-electron chi connectivity index (χ1n) is 8.60. The molecule has 4 heteroatoms. The van der Waals surface area contributed by atoms with Crippen molar-refractivity contribution in [1.29, 1.82) is 5.26 Å². The number of rotatable bonds is 9. The molecule has 2 amide bonds. The first kappa shape index (κ1) is 17.2. The Morgan fingerprint density at radius 2 is 1.61 bits per heavy atom. The molecule has 0 saturated carbocycles. The van der Waals surface area contributed by atoms with Gasteiger partial charge in [-0.25, -0.2) is 0 Å². The number of hydrogen-bond donors (Lipinski definition) is 1. The number of unbranched alkanes of at least 4 members (excludes halogenated alkanes) is 7. The zero-order valence-corrected chi connectivity index (χ0v) is 13.8. The predicted octanol–water partition coefficient (Wildman–Crippen LogP) is 4.13. The van der Waals surface area contributed by atoms with Crippen molar-refractivity contribution in [3.63, 3.8) is 0 Å². The van der Waals surface area contributed by atoms with Gasteiger partial charge < -0.3 is 0 Å². The minimum Gasteiger partial charge on any atom is -0.288 e. The summed E-state index contributed by atoms with van der Waals surface area (Å²) in [7, 11) is 0. The Morgan fingerprint density at radius 3 is 2.26 bits per heavy atom. The maximum Gasteiger partial charge on any atom is 0.259 e. The molecule has 0 atom stereocenters. The Hall–Kier alpha value is -2.15. The van der Waals surface area contributed by atoms with Crippen LogP contribution in [0.1, 0.15) is 90.1 Å². The predicted molar refractivity (Wildman–Crippen MR) is 89.3 cm³/mol. The van der Waals surface area contributed by atoms with Gasteiger partial charge in [0, 0.05) is 0 Å². The van der Waals surface area contributed by atoms with Crippen molar-refractivity contribution in [2.45, 2.75) is 64.7 Å². The average molecular weight is 312 g/mol. The van der Waals surface area contributed by atoms with Gasteiger partial charge in [0.2, 0.25) is 0 Å². The second-order valence-electron chi connectivity index (χ2n) is 6.13. The van der Waals surface area contributed by atoms with Gasteiger partial charge in [-0.15, -0.1) is 0 Å². The smallest absolute Gasteiger partial charge is 0.259 e. The third-order valence-electron chi connectivity index (χ3n) is 4.41. The molecule has 1 aromatic carbocycles. The lowest BCUT2D eigenvalue weighted by atomic mass is 9.93. The van der Waals surface area contributed by atoms with Crippen LogP contribution >= 0.6 is 0 Å². The number of nitrogens with one attached hydrogen (secondary N) is 1. The Labute approximate surface area is 137 Å². The fraction of sp³-hybridized carbons (Fsp3) is 0.526. The van der Waals surface area contributed by atoms with Crippen molar-refractivity contribution in [2.75, 3.05) is 0 Å². The van der Waals surface area contributed by atoms with Crippen molar-refractivity contribution in [2.24, 2.45) is 0 Å². The van der Waals surface area contributed by atoms with E-state index in [4.69, 9.17) is 0 Å². The molecule has 1 aliphatic heterocycles. The molecule has 122 valence electrons. The molecule has 0 radical (unpaired) electrons. The number of nitriles is 1. The van der Waals surface area contributed by atoms with Crippen LogP contribution in [0.25, 0.3) is 0 Å². The van der Waals surface area contributed by atoms with Crippen LogP contribution in [0.3, 0.4) is 0 Å². The van der Waals surface area contributed by atoms with E-state index in [0.29, 0.717) is 23.1 Å². The molecule has 1 aromatic rings. The normalized spacial score (nSPS) is 12.9. The first-order chi connectivity index (χ1) is 11.2. The van der Waals surface area contributed by atoms with E-state index in [-0.39, 0.29) is 11.8 Å². The maximum absolute atomic E-state index is 12.0. The number of amides is 2. The van der Waals surface area contributed by atoms with Crippen LogP contribution in [0.15, 0.2) is 12.1 Å². The Kier molecular flexibility index (Phi) is 6.34. The third-order valence-corrected chi connectivity index (χ3v) is 4.41. The highest BCUT2D eigenvalue weighted by atomic mass is 16.2. The molecule has 1 N–H and O–H groups in total. The molecule has 0 spiro atoms. The van der Waals surface area contributed by atoms with Gasteiger partial charge >= 0.3 is 0 Å². The lowest BCUT2D eigenvalue weighted by Crippen LogP contribution is -2.20. The minimum absolute atomic E-state index is 0.355. The molecule has 0 aromatic heterocycles.